The average Bonchev–Trinajstić information content (AvgIpc) is 3.40. The Kier molecular flexibility index (Phi) is 3.40. The van der Waals surface area contributed by atoms with Gasteiger partial charge in [0.2, 0.25) is 0 Å². The summed E-state index contributed by atoms with van der Waals surface area (Å²) in [5, 5.41) is 14.6. The van der Waals surface area contributed by atoms with Crippen molar-refractivity contribution in [3.05, 3.63) is 48.8 Å². The van der Waals surface area contributed by atoms with Crippen LogP contribution in [0.25, 0.3) is 27.7 Å². The van der Waals surface area contributed by atoms with Crippen molar-refractivity contribution in [2.75, 3.05) is 13.1 Å². The van der Waals surface area contributed by atoms with Crippen molar-refractivity contribution in [3.63, 3.8) is 0 Å². The normalized spacial score (nSPS) is 17.2. The van der Waals surface area contributed by atoms with Gasteiger partial charge in [-0.05, 0) is 25.5 Å². The van der Waals surface area contributed by atoms with Gasteiger partial charge in [-0.15, -0.1) is 0 Å². The van der Waals surface area contributed by atoms with Gasteiger partial charge >= 0.3 is 6.09 Å². The van der Waals surface area contributed by atoms with Crippen LogP contribution < -0.4 is 0 Å². The third-order valence-electron chi connectivity index (χ3n) is 5.27. The fraction of sp³-hybridized carbons (Fsp3) is 0.263. The third-order valence-corrected chi connectivity index (χ3v) is 5.27. The largest absolute Gasteiger partial charge is 0.465 e. The van der Waals surface area contributed by atoms with Crippen LogP contribution in [0, 0.1) is 6.92 Å². The topological polar surface area (TPSA) is 88.5 Å². The molecular weight excluding hydrogens is 344 g/mol. The molecule has 136 valence electrons. The molecule has 5 heterocycles. The molecule has 1 fully saturated rings. The lowest BCUT2D eigenvalue weighted by Gasteiger charge is -2.12. The zero-order chi connectivity index (χ0) is 18.5. The van der Waals surface area contributed by atoms with Crippen LogP contribution in [-0.4, -0.2) is 53.3 Å². The van der Waals surface area contributed by atoms with Crippen LogP contribution in [0.15, 0.2) is 43.1 Å². The number of carboxylic acid groups (broad SMARTS) is 1. The first-order chi connectivity index (χ1) is 13.1. The molecule has 8 nitrogen and oxygen atoms in total. The Balaban J connectivity index is 1.52. The maximum Gasteiger partial charge on any atom is 0.407 e. The average molecular weight is 362 g/mol. The molecule has 0 aliphatic carbocycles. The van der Waals surface area contributed by atoms with Crippen LogP contribution in [0.2, 0.25) is 0 Å². The third kappa shape index (κ3) is 2.52. The van der Waals surface area contributed by atoms with Gasteiger partial charge in [0, 0.05) is 60.1 Å². The van der Waals surface area contributed by atoms with Gasteiger partial charge < -0.3 is 14.4 Å². The number of amides is 1. The van der Waals surface area contributed by atoms with Crippen molar-refractivity contribution in [3.8, 4) is 11.1 Å². The summed E-state index contributed by atoms with van der Waals surface area (Å²) in [4.78, 5) is 21.6. The summed E-state index contributed by atoms with van der Waals surface area (Å²) in [6, 6.07) is 4.15. The van der Waals surface area contributed by atoms with Crippen molar-refractivity contribution in [2.24, 2.45) is 0 Å². The van der Waals surface area contributed by atoms with E-state index < -0.39 is 6.09 Å². The van der Waals surface area contributed by atoms with Crippen molar-refractivity contribution in [1.29, 1.82) is 0 Å². The van der Waals surface area contributed by atoms with Gasteiger partial charge in [-0.1, -0.05) is 0 Å². The van der Waals surface area contributed by atoms with Gasteiger partial charge in [-0.3, -0.25) is 9.67 Å². The quantitative estimate of drug-likeness (QED) is 0.592. The van der Waals surface area contributed by atoms with E-state index in [4.69, 9.17) is 5.11 Å². The Bertz CT molecular complexity index is 1180. The summed E-state index contributed by atoms with van der Waals surface area (Å²) in [6.07, 6.45) is 9.36. The molecule has 8 heteroatoms. The molecule has 1 aliphatic rings. The number of rotatable bonds is 2. The highest BCUT2D eigenvalue weighted by atomic mass is 16.4. The number of nitrogens with zero attached hydrogens (tertiary/aromatic N) is 6. The SMILES string of the molecule is Cc1cnc2c3cc(-c4cnn(C5CCN(C(=O)O)C5)c4)cnc3ccn12. The van der Waals surface area contributed by atoms with Crippen molar-refractivity contribution < 1.29 is 9.90 Å². The molecule has 0 saturated carbocycles. The number of pyridine rings is 2. The fourth-order valence-electron chi connectivity index (χ4n) is 3.74. The van der Waals surface area contributed by atoms with Gasteiger partial charge in [-0.2, -0.15) is 5.10 Å². The molecule has 4 aromatic heterocycles. The molecule has 0 radical (unpaired) electrons. The number of aryl methyl sites for hydroxylation is 1. The van der Waals surface area contributed by atoms with E-state index >= 15 is 0 Å². The minimum atomic E-state index is -0.873. The van der Waals surface area contributed by atoms with Crippen molar-refractivity contribution >= 4 is 22.6 Å². The maximum atomic E-state index is 11.1. The van der Waals surface area contributed by atoms with Gasteiger partial charge in [0.25, 0.3) is 0 Å². The van der Waals surface area contributed by atoms with Crippen LogP contribution >= 0.6 is 0 Å². The molecule has 1 amide bonds. The Morgan fingerprint density at radius 2 is 2.11 bits per heavy atom. The predicted molar refractivity (Wildman–Crippen MR) is 99.7 cm³/mol. The van der Waals surface area contributed by atoms with E-state index in [1.807, 2.05) is 48.7 Å². The van der Waals surface area contributed by atoms with Crippen LogP contribution in [0.3, 0.4) is 0 Å². The molecule has 5 rings (SSSR count). The van der Waals surface area contributed by atoms with E-state index in [9.17, 15) is 4.79 Å². The monoisotopic (exact) mass is 362 g/mol. The van der Waals surface area contributed by atoms with Crippen LogP contribution in [0.5, 0.6) is 0 Å². The number of likely N-dealkylation sites (tertiary alicyclic amines) is 1. The predicted octanol–water partition coefficient (Wildman–Crippen LogP) is 2.98. The second-order valence-electron chi connectivity index (χ2n) is 6.95. The second-order valence-corrected chi connectivity index (χ2v) is 6.95. The molecule has 1 aliphatic heterocycles. The summed E-state index contributed by atoms with van der Waals surface area (Å²) in [5.41, 5.74) is 4.80. The molecule has 0 spiro atoms. The van der Waals surface area contributed by atoms with E-state index in [1.165, 1.54) is 4.90 Å². The minimum absolute atomic E-state index is 0.0740. The van der Waals surface area contributed by atoms with Crippen molar-refractivity contribution in [1.82, 2.24) is 29.0 Å². The van der Waals surface area contributed by atoms with E-state index in [2.05, 4.69) is 25.5 Å². The summed E-state index contributed by atoms with van der Waals surface area (Å²) in [6.45, 7) is 3.04. The van der Waals surface area contributed by atoms with E-state index in [0.717, 1.165) is 39.8 Å². The summed E-state index contributed by atoms with van der Waals surface area (Å²) >= 11 is 0. The van der Waals surface area contributed by atoms with Crippen LogP contribution in [0.1, 0.15) is 18.2 Å². The number of imidazole rings is 1. The molecule has 0 aromatic carbocycles. The minimum Gasteiger partial charge on any atom is -0.465 e. The van der Waals surface area contributed by atoms with Crippen LogP contribution in [0.4, 0.5) is 4.79 Å². The highest BCUT2D eigenvalue weighted by Crippen LogP contribution is 2.27. The van der Waals surface area contributed by atoms with Crippen LogP contribution in [-0.2, 0) is 0 Å². The molecular formula is C19H18N6O2. The summed E-state index contributed by atoms with van der Waals surface area (Å²) in [5.74, 6) is 0. The number of hydrogen-bond acceptors (Lipinski definition) is 4. The van der Waals surface area contributed by atoms with E-state index in [-0.39, 0.29) is 6.04 Å². The first-order valence-electron chi connectivity index (χ1n) is 8.85. The lowest BCUT2D eigenvalue weighted by Crippen LogP contribution is -2.27. The molecule has 27 heavy (non-hydrogen) atoms. The molecule has 1 saturated heterocycles. The van der Waals surface area contributed by atoms with E-state index in [1.54, 1.807) is 0 Å². The molecule has 1 N–H and O–H groups in total. The second kappa shape index (κ2) is 5.80. The molecule has 0 bridgehead atoms. The maximum absolute atomic E-state index is 11.1. The molecule has 1 atom stereocenters. The number of carbonyl (C=O) groups is 1. The summed E-state index contributed by atoms with van der Waals surface area (Å²) in [7, 11) is 0. The lowest BCUT2D eigenvalue weighted by atomic mass is 10.1. The summed E-state index contributed by atoms with van der Waals surface area (Å²) < 4.78 is 3.92. The zero-order valence-corrected chi connectivity index (χ0v) is 14.8. The number of fused-ring (bicyclic) bond motifs is 3. The number of aromatic nitrogens is 5. The highest BCUT2D eigenvalue weighted by molar-refractivity contribution is 5.94. The van der Waals surface area contributed by atoms with E-state index in [0.29, 0.717) is 13.1 Å². The lowest BCUT2D eigenvalue weighted by molar-refractivity contribution is 0.154. The van der Waals surface area contributed by atoms with Crippen molar-refractivity contribution in [2.45, 2.75) is 19.4 Å². The Hall–Kier alpha value is -3.42. The highest BCUT2D eigenvalue weighted by Gasteiger charge is 2.27. The molecule has 1 unspecified atom stereocenters. The van der Waals surface area contributed by atoms with Gasteiger partial charge in [-0.25, -0.2) is 9.78 Å². The first-order valence-corrected chi connectivity index (χ1v) is 8.85. The smallest absolute Gasteiger partial charge is 0.407 e. The Labute approximate surface area is 154 Å². The zero-order valence-electron chi connectivity index (χ0n) is 14.8. The number of hydrogen-bond donors (Lipinski definition) is 1. The van der Waals surface area contributed by atoms with Gasteiger partial charge in [0.05, 0.1) is 17.8 Å². The Morgan fingerprint density at radius 3 is 2.93 bits per heavy atom. The van der Waals surface area contributed by atoms with Gasteiger partial charge in [0.1, 0.15) is 5.65 Å². The first kappa shape index (κ1) is 15.8. The standard InChI is InChI=1S/C19H18N6O2/c1-12-7-21-18-16-6-13(8-20-17(16)3-5-24(12)18)14-9-22-25(10-14)15-2-4-23(11-15)19(26)27/h3,5-10,15H,2,4,11H2,1H3,(H,26,27). The fourth-order valence-corrected chi connectivity index (χ4v) is 3.74. The van der Waals surface area contributed by atoms with Gasteiger partial charge in [0.15, 0.2) is 0 Å². The molecule has 4 aromatic rings. The Morgan fingerprint density at radius 1 is 1.22 bits per heavy atom.